The molecule has 17 nitrogen and oxygen atoms in total. The van der Waals surface area contributed by atoms with Crippen molar-refractivity contribution in [3.8, 4) is 22.8 Å². The summed E-state index contributed by atoms with van der Waals surface area (Å²) in [5, 5.41) is 8.02. The van der Waals surface area contributed by atoms with E-state index in [1.54, 1.807) is 12.1 Å². The molecule has 63 heavy (non-hydrogen) atoms. The van der Waals surface area contributed by atoms with Crippen LogP contribution in [-0.2, 0) is 9.59 Å². The molecule has 5 aliphatic heterocycles. The van der Waals surface area contributed by atoms with Gasteiger partial charge in [0.15, 0.2) is 5.65 Å². The Morgan fingerprint density at radius 2 is 1.44 bits per heavy atom. The van der Waals surface area contributed by atoms with Gasteiger partial charge in [-0.15, -0.1) is 0 Å². The van der Waals surface area contributed by atoms with Crippen LogP contribution in [0, 0.1) is 5.92 Å². The normalized spacial score (nSPS) is 20.4. The fourth-order valence-corrected chi connectivity index (χ4v) is 9.78. The number of fused-ring (bicyclic) bond motifs is 2. The van der Waals surface area contributed by atoms with E-state index in [2.05, 4.69) is 25.1 Å². The van der Waals surface area contributed by atoms with E-state index in [1.165, 1.54) is 6.33 Å². The molecule has 5 aromatic rings. The molecule has 0 bridgehead atoms. The van der Waals surface area contributed by atoms with Gasteiger partial charge in [-0.1, -0.05) is 18.2 Å². The molecular weight excluding hydrogens is 803 g/mol. The summed E-state index contributed by atoms with van der Waals surface area (Å²) >= 11 is 0. The number of likely N-dealkylation sites (tertiary alicyclic amines) is 1. The van der Waals surface area contributed by atoms with Crippen LogP contribution in [0.1, 0.15) is 65.3 Å². The van der Waals surface area contributed by atoms with Crippen LogP contribution in [-0.4, -0.2) is 134 Å². The number of carbonyl (C=O) groups excluding carboxylic acids is 5. The highest BCUT2D eigenvalue weighted by Gasteiger charge is 2.45. The number of nitrogens with one attached hydrogen (secondary N) is 1. The Morgan fingerprint density at radius 3 is 2.17 bits per heavy atom. The van der Waals surface area contributed by atoms with Crippen molar-refractivity contribution < 1.29 is 28.7 Å². The van der Waals surface area contributed by atoms with E-state index in [0.29, 0.717) is 66.0 Å². The van der Waals surface area contributed by atoms with Gasteiger partial charge in [-0.2, -0.15) is 5.10 Å². The second kappa shape index (κ2) is 16.8. The van der Waals surface area contributed by atoms with Crippen LogP contribution in [0.25, 0.3) is 22.3 Å². The molecule has 6 amide bonds. The lowest BCUT2D eigenvalue weighted by atomic mass is 9.95. The summed E-state index contributed by atoms with van der Waals surface area (Å²) in [6.07, 6.45) is 5.16. The minimum atomic E-state index is -0.980. The van der Waals surface area contributed by atoms with E-state index in [9.17, 15) is 24.0 Å². The van der Waals surface area contributed by atoms with Crippen molar-refractivity contribution in [1.29, 1.82) is 0 Å². The maximum Gasteiger partial charge on any atom is 0.320 e. The van der Waals surface area contributed by atoms with E-state index in [-0.39, 0.29) is 30.5 Å². The number of benzene rings is 3. The quantitative estimate of drug-likeness (QED) is 0.207. The van der Waals surface area contributed by atoms with Gasteiger partial charge in [-0.3, -0.25) is 34.3 Å². The molecule has 0 spiro atoms. The van der Waals surface area contributed by atoms with E-state index in [4.69, 9.17) is 15.6 Å². The number of carbonyl (C=O) groups is 5. The van der Waals surface area contributed by atoms with E-state index < -0.39 is 29.7 Å². The van der Waals surface area contributed by atoms with Crippen LogP contribution in [0.15, 0.2) is 79.1 Å². The smallest absolute Gasteiger partial charge is 0.320 e. The zero-order chi connectivity index (χ0) is 43.2. The summed E-state index contributed by atoms with van der Waals surface area (Å²) in [7, 11) is 0. The second-order valence-electron chi connectivity index (χ2n) is 17.1. The summed E-state index contributed by atoms with van der Waals surface area (Å²) in [5.74, 6) is 0.369. The SMILES string of the molecule is Nc1ncnc2c1c(-c1ccc(Oc3ccccc3)cc1)nn2C1CCN(C(=O)N2CCN(CC3CCN(c4ccc5c(c4)C(=O)N(C4CCC(=O)NC4=O)C5=O)CC3)CC2)CC1. The molecule has 3 aromatic carbocycles. The number of aromatic nitrogens is 4. The first-order chi connectivity index (χ1) is 30.7. The predicted octanol–water partition coefficient (Wildman–Crippen LogP) is 4.56. The lowest BCUT2D eigenvalue weighted by Crippen LogP contribution is -2.55. The molecule has 4 fully saturated rings. The van der Waals surface area contributed by atoms with Crippen molar-refractivity contribution in [3.63, 3.8) is 0 Å². The van der Waals surface area contributed by atoms with Crippen LogP contribution in [0.2, 0.25) is 0 Å². The first-order valence-electron chi connectivity index (χ1n) is 21.9. The number of piperidine rings is 3. The number of nitrogens with zero attached hydrogens (tertiary/aromatic N) is 9. The van der Waals surface area contributed by atoms with Crippen molar-refractivity contribution in [1.82, 2.24) is 44.7 Å². The van der Waals surface area contributed by atoms with Crippen molar-refractivity contribution in [2.45, 2.75) is 50.6 Å². The molecule has 7 heterocycles. The van der Waals surface area contributed by atoms with Gasteiger partial charge in [0, 0.05) is 76.6 Å². The first-order valence-corrected chi connectivity index (χ1v) is 21.9. The molecule has 10 rings (SSSR count). The summed E-state index contributed by atoms with van der Waals surface area (Å²) in [6.45, 7) is 6.90. The zero-order valence-electron chi connectivity index (χ0n) is 34.9. The van der Waals surface area contributed by atoms with Crippen molar-refractivity contribution >= 4 is 52.2 Å². The standard InChI is InChI=1S/C46H49N11O6/c47-41-39-40(30-6-9-34(10-7-30)63-33-4-2-1-3-5-33)51-57(42(39)49-28-48-41)31-16-20-54(21-17-31)46(62)55-24-22-52(23-25-55)27-29-14-18-53(19-15-29)32-8-11-35-36(26-32)45(61)56(44(35)60)37-12-13-38(58)50-43(37)59/h1-11,26,28-29,31,37H,12-25,27H2,(H2,47,48,49)(H,50,58,59). The molecule has 324 valence electrons. The van der Waals surface area contributed by atoms with Crippen LogP contribution in [0.4, 0.5) is 16.3 Å². The largest absolute Gasteiger partial charge is 0.457 e. The third-order valence-corrected chi connectivity index (χ3v) is 13.3. The number of imide groups is 2. The topological polar surface area (TPSA) is 192 Å². The average Bonchev–Trinajstić information content (AvgIpc) is 3.82. The molecule has 4 saturated heterocycles. The average molecular weight is 852 g/mol. The monoisotopic (exact) mass is 851 g/mol. The Bertz CT molecular complexity index is 2580. The van der Waals surface area contributed by atoms with Gasteiger partial charge in [0.05, 0.1) is 22.6 Å². The van der Waals surface area contributed by atoms with Crippen LogP contribution in [0.5, 0.6) is 11.5 Å². The fraction of sp³-hybridized carbons (Fsp3) is 0.391. The summed E-state index contributed by atoms with van der Waals surface area (Å²) in [4.78, 5) is 83.0. The zero-order valence-corrected chi connectivity index (χ0v) is 34.9. The highest BCUT2D eigenvalue weighted by Crippen LogP contribution is 2.36. The number of nitrogens with two attached hydrogens (primary N) is 1. The number of anilines is 2. The minimum absolute atomic E-state index is 0.0493. The number of hydrogen-bond donors (Lipinski definition) is 2. The van der Waals surface area contributed by atoms with Gasteiger partial charge in [0.25, 0.3) is 11.8 Å². The Kier molecular flexibility index (Phi) is 10.7. The maximum atomic E-state index is 13.8. The van der Waals surface area contributed by atoms with Gasteiger partial charge < -0.3 is 25.2 Å². The number of hydrogen-bond acceptors (Lipinski definition) is 12. The number of rotatable bonds is 8. The highest BCUT2D eigenvalue weighted by molar-refractivity contribution is 6.23. The summed E-state index contributed by atoms with van der Waals surface area (Å²) < 4.78 is 7.96. The number of piperazine rings is 1. The maximum absolute atomic E-state index is 13.8. The third-order valence-electron chi connectivity index (χ3n) is 13.3. The Morgan fingerprint density at radius 1 is 0.746 bits per heavy atom. The second-order valence-corrected chi connectivity index (χ2v) is 17.1. The molecule has 17 heteroatoms. The fourth-order valence-electron chi connectivity index (χ4n) is 9.78. The molecule has 0 saturated carbocycles. The molecule has 0 aliphatic carbocycles. The van der Waals surface area contributed by atoms with E-state index >= 15 is 0 Å². The Labute approximate surface area is 363 Å². The number of ether oxygens (including phenoxy) is 1. The first kappa shape index (κ1) is 40.2. The number of nitrogen functional groups attached to an aromatic ring is 1. The molecule has 3 N–H and O–H groups in total. The molecule has 0 radical (unpaired) electrons. The molecule has 1 unspecified atom stereocenters. The van der Waals surface area contributed by atoms with Crippen molar-refractivity contribution in [2.75, 3.05) is 69.5 Å². The molecule has 2 aromatic heterocycles. The van der Waals surface area contributed by atoms with Gasteiger partial charge in [-0.05, 0) is 92.6 Å². The Balaban J connectivity index is 0.697. The number of amides is 6. The predicted molar refractivity (Wildman–Crippen MR) is 233 cm³/mol. The number of urea groups is 1. The number of para-hydroxylation sites is 1. The lowest BCUT2D eigenvalue weighted by Gasteiger charge is -2.41. The van der Waals surface area contributed by atoms with Crippen LogP contribution < -0.4 is 20.7 Å². The molecular formula is C46H49N11O6. The third kappa shape index (κ3) is 7.81. The van der Waals surface area contributed by atoms with Crippen LogP contribution in [0.3, 0.4) is 0 Å². The highest BCUT2D eigenvalue weighted by atomic mass is 16.5. The van der Waals surface area contributed by atoms with E-state index in [0.717, 1.165) is 80.3 Å². The van der Waals surface area contributed by atoms with Gasteiger partial charge in [-0.25, -0.2) is 19.4 Å². The summed E-state index contributed by atoms with van der Waals surface area (Å²) in [5.41, 5.74) is 10.2. The molecule has 5 aliphatic rings. The minimum Gasteiger partial charge on any atom is -0.457 e. The summed E-state index contributed by atoms with van der Waals surface area (Å²) in [6, 6.07) is 21.9. The molecule has 1 atom stereocenters. The van der Waals surface area contributed by atoms with Gasteiger partial charge >= 0.3 is 6.03 Å². The van der Waals surface area contributed by atoms with Gasteiger partial charge in [0.1, 0.15) is 35.4 Å². The Hall–Kier alpha value is -6.88. The van der Waals surface area contributed by atoms with Crippen molar-refractivity contribution in [2.24, 2.45) is 5.92 Å². The van der Waals surface area contributed by atoms with Crippen LogP contribution >= 0.6 is 0 Å². The van der Waals surface area contributed by atoms with Gasteiger partial charge in [0.2, 0.25) is 11.8 Å². The van der Waals surface area contributed by atoms with E-state index in [1.807, 2.05) is 75.1 Å². The van der Waals surface area contributed by atoms with Crippen molar-refractivity contribution in [3.05, 3.63) is 90.3 Å². The lowest BCUT2D eigenvalue weighted by molar-refractivity contribution is -0.136.